The molecule has 1 aromatic heterocycles. The number of thiophene rings is 1. The molecule has 24 heavy (non-hydrogen) atoms. The molecule has 1 aliphatic rings. The smallest absolute Gasteiger partial charge is 0.265 e. The fourth-order valence-electron chi connectivity index (χ4n) is 2.48. The van der Waals surface area contributed by atoms with Crippen molar-refractivity contribution in [2.24, 2.45) is 0 Å². The fourth-order valence-corrected chi connectivity index (χ4v) is 3.65. The average Bonchev–Trinajstić information content (AvgIpc) is 3.01. The SMILES string of the molecule is O=C(Nc1cc2c(cc1Cl)OCCO2)c1cc2c(F)cccc2s1. The van der Waals surface area contributed by atoms with Crippen molar-refractivity contribution in [3.63, 3.8) is 0 Å². The van der Waals surface area contributed by atoms with Crippen LogP contribution in [0.25, 0.3) is 10.1 Å². The monoisotopic (exact) mass is 363 g/mol. The molecule has 0 saturated carbocycles. The Morgan fingerprint density at radius 1 is 1.17 bits per heavy atom. The molecule has 4 rings (SSSR count). The molecule has 0 atom stereocenters. The lowest BCUT2D eigenvalue weighted by atomic mass is 10.2. The second-order valence-electron chi connectivity index (χ2n) is 5.19. The van der Waals surface area contributed by atoms with Gasteiger partial charge in [0.2, 0.25) is 0 Å². The summed E-state index contributed by atoms with van der Waals surface area (Å²) in [4.78, 5) is 12.9. The highest BCUT2D eigenvalue weighted by molar-refractivity contribution is 7.20. The number of hydrogen-bond acceptors (Lipinski definition) is 4. The number of rotatable bonds is 2. The Morgan fingerprint density at radius 2 is 1.92 bits per heavy atom. The summed E-state index contributed by atoms with van der Waals surface area (Å²) in [5.41, 5.74) is 0.420. The van der Waals surface area contributed by atoms with Gasteiger partial charge in [0.1, 0.15) is 19.0 Å². The van der Waals surface area contributed by atoms with Crippen LogP contribution in [0.15, 0.2) is 36.4 Å². The zero-order valence-corrected chi connectivity index (χ0v) is 13.8. The molecule has 0 saturated heterocycles. The molecular formula is C17H11ClFNO3S. The number of carbonyl (C=O) groups is 1. The van der Waals surface area contributed by atoms with Crippen molar-refractivity contribution in [1.29, 1.82) is 0 Å². The molecule has 1 N–H and O–H groups in total. The van der Waals surface area contributed by atoms with Crippen LogP contribution in [0.4, 0.5) is 10.1 Å². The molecule has 4 nitrogen and oxygen atoms in total. The Labute approximate surface area is 145 Å². The lowest BCUT2D eigenvalue weighted by Gasteiger charge is -2.19. The molecule has 0 unspecified atom stereocenters. The van der Waals surface area contributed by atoms with Crippen molar-refractivity contribution >= 4 is 44.6 Å². The summed E-state index contributed by atoms with van der Waals surface area (Å²) in [5.74, 6) is 0.380. The average molecular weight is 364 g/mol. The summed E-state index contributed by atoms with van der Waals surface area (Å²) < 4.78 is 25.4. The van der Waals surface area contributed by atoms with Gasteiger partial charge >= 0.3 is 0 Å². The van der Waals surface area contributed by atoms with E-state index in [9.17, 15) is 9.18 Å². The Bertz CT molecular complexity index is 956. The van der Waals surface area contributed by atoms with Crippen molar-refractivity contribution in [2.45, 2.75) is 0 Å². The molecule has 2 aromatic carbocycles. The van der Waals surface area contributed by atoms with Gasteiger partial charge in [-0.05, 0) is 18.2 Å². The predicted molar refractivity (Wildman–Crippen MR) is 92.2 cm³/mol. The number of benzene rings is 2. The largest absolute Gasteiger partial charge is 0.486 e. The van der Waals surface area contributed by atoms with Gasteiger partial charge < -0.3 is 14.8 Å². The van der Waals surface area contributed by atoms with E-state index in [0.717, 1.165) is 0 Å². The van der Waals surface area contributed by atoms with Gasteiger partial charge in [-0.3, -0.25) is 4.79 Å². The zero-order valence-electron chi connectivity index (χ0n) is 12.3. The topological polar surface area (TPSA) is 47.6 Å². The predicted octanol–water partition coefficient (Wildman–Crippen LogP) is 4.72. The zero-order chi connectivity index (χ0) is 16.7. The van der Waals surface area contributed by atoms with Crippen molar-refractivity contribution in [3.8, 4) is 11.5 Å². The van der Waals surface area contributed by atoms with Gasteiger partial charge in [-0.1, -0.05) is 17.7 Å². The number of anilines is 1. The van der Waals surface area contributed by atoms with Gasteiger partial charge in [0.05, 0.1) is 15.6 Å². The maximum absolute atomic E-state index is 13.8. The minimum atomic E-state index is -0.353. The maximum atomic E-state index is 13.8. The van der Waals surface area contributed by atoms with Crippen molar-refractivity contribution in [3.05, 3.63) is 52.1 Å². The molecule has 0 fully saturated rings. The maximum Gasteiger partial charge on any atom is 0.265 e. The summed E-state index contributed by atoms with van der Waals surface area (Å²) in [6, 6.07) is 9.54. The Kier molecular flexibility index (Phi) is 3.78. The van der Waals surface area contributed by atoms with Crippen LogP contribution in [0.5, 0.6) is 11.5 Å². The van der Waals surface area contributed by atoms with Gasteiger partial charge in [0, 0.05) is 22.2 Å². The van der Waals surface area contributed by atoms with E-state index in [1.54, 1.807) is 24.3 Å². The van der Waals surface area contributed by atoms with Crippen LogP contribution in [-0.4, -0.2) is 19.1 Å². The van der Waals surface area contributed by atoms with Gasteiger partial charge in [0.25, 0.3) is 5.91 Å². The molecule has 0 aliphatic carbocycles. The molecule has 3 aromatic rings. The van der Waals surface area contributed by atoms with Crippen LogP contribution in [-0.2, 0) is 0 Å². The number of ether oxygens (including phenoxy) is 2. The van der Waals surface area contributed by atoms with E-state index in [1.165, 1.54) is 23.5 Å². The summed E-state index contributed by atoms with van der Waals surface area (Å²) in [5, 5.41) is 3.52. The van der Waals surface area contributed by atoms with Crippen LogP contribution in [0.1, 0.15) is 9.67 Å². The first-order valence-corrected chi connectivity index (χ1v) is 8.40. The summed E-state index contributed by atoms with van der Waals surface area (Å²) >= 11 is 7.41. The van der Waals surface area contributed by atoms with E-state index in [2.05, 4.69) is 5.32 Å². The number of nitrogens with one attached hydrogen (secondary N) is 1. The molecule has 122 valence electrons. The third-order valence-electron chi connectivity index (χ3n) is 3.61. The number of carbonyl (C=O) groups excluding carboxylic acids is 1. The van der Waals surface area contributed by atoms with E-state index in [0.29, 0.717) is 50.4 Å². The molecule has 1 amide bonds. The standard InChI is InChI=1S/C17H11ClFNO3S/c18-10-7-13-14(23-5-4-22-13)8-12(10)20-17(21)16-6-9-11(19)2-1-3-15(9)24-16/h1-3,6-8H,4-5H2,(H,20,21). The van der Waals surface area contributed by atoms with Gasteiger partial charge in [-0.15, -0.1) is 11.3 Å². The quantitative estimate of drug-likeness (QED) is 0.716. The van der Waals surface area contributed by atoms with E-state index in [1.807, 2.05) is 0 Å². The third-order valence-corrected chi connectivity index (χ3v) is 5.02. The molecular weight excluding hydrogens is 353 g/mol. The second kappa shape index (κ2) is 5.96. The molecule has 0 radical (unpaired) electrons. The molecule has 7 heteroatoms. The van der Waals surface area contributed by atoms with E-state index in [4.69, 9.17) is 21.1 Å². The van der Waals surface area contributed by atoms with Crippen molar-refractivity contribution in [2.75, 3.05) is 18.5 Å². The highest BCUT2D eigenvalue weighted by atomic mass is 35.5. The number of hydrogen-bond donors (Lipinski definition) is 1. The third kappa shape index (κ3) is 2.68. The van der Waals surface area contributed by atoms with Crippen LogP contribution >= 0.6 is 22.9 Å². The molecule has 2 heterocycles. The number of amides is 1. The molecule has 1 aliphatic heterocycles. The highest BCUT2D eigenvalue weighted by Gasteiger charge is 2.18. The van der Waals surface area contributed by atoms with Crippen LogP contribution in [0.3, 0.4) is 0 Å². The molecule has 0 spiro atoms. The van der Waals surface area contributed by atoms with Crippen LogP contribution < -0.4 is 14.8 Å². The Hall–Kier alpha value is -2.31. The van der Waals surface area contributed by atoms with E-state index in [-0.39, 0.29) is 11.7 Å². The minimum Gasteiger partial charge on any atom is -0.486 e. The van der Waals surface area contributed by atoms with Gasteiger partial charge in [-0.2, -0.15) is 0 Å². The first-order chi connectivity index (χ1) is 11.6. The van der Waals surface area contributed by atoms with Crippen LogP contribution in [0.2, 0.25) is 5.02 Å². The Morgan fingerprint density at radius 3 is 2.67 bits per heavy atom. The summed E-state index contributed by atoms with van der Waals surface area (Å²) in [6.07, 6.45) is 0. The lowest BCUT2D eigenvalue weighted by molar-refractivity contribution is 0.103. The number of halogens is 2. The summed E-state index contributed by atoms with van der Waals surface area (Å²) in [7, 11) is 0. The Balaban J connectivity index is 1.64. The first-order valence-electron chi connectivity index (χ1n) is 7.20. The molecule has 0 bridgehead atoms. The highest BCUT2D eigenvalue weighted by Crippen LogP contribution is 2.38. The van der Waals surface area contributed by atoms with Gasteiger partial charge in [0.15, 0.2) is 11.5 Å². The lowest BCUT2D eigenvalue weighted by Crippen LogP contribution is -2.16. The van der Waals surface area contributed by atoms with Crippen molar-refractivity contribution in [1.82, 2.24) is 0 Å². The minimum absolute atomic E-state index is 0.347. The van der Waals surface area contributed by atoms with E-state index >= 15 is 0 Å². The number of fused-ring (bicyclic) bond motifs is 2. The first kappa shape index (κ1) is 15.2. The van der Waals surface area contributed by atoms with E-state index < -0.39 is 0 Å². The van der Waals surface area contributed by atoms with Gasteiger partial charge in [-0.25, -0.2) is 4.39 Å². The fraction of sp³-hybridized carbons (Fsp3) is 0.118. The normalized spacial score (nSPS) is 13.1. The van der Waals surface area contributed by atoms with Crippen LogP contribution in [0, 0.1) is 5.82 Å². The van der Waals surface area contributed by atoms with Crippen molar-refractivity contribution < 1.29 is 18.7 Å². The summed E-state index contributed by atoms with van der Waals surface area (Å²) in [6.45, 7) is 0.903. The second-order valence-corrected chi connectivity index (χ2v) is 6.68.